The van der Waals surface area contributed by atoms with E-state index in [1.165, 1.54) is 6.42 Å². The lowest BCUT2D eigenvalue weighted by Crippen LogP contribution is -2.38. The van der Waals surface area contributed by atoms with Crippen molar-refractivity contribution >= 4 is 23.0 Å². The molecule has 0 unspecified atom stereocenters. The molecule has 2 aromatic rings. The summed E-state index contributed by atoms with van der Waals surface area (Å²) in [4.78, 5) is 18.8. The molecule has 2 aromatic heterocycles. The molecule has 0 spiro atoms. The van der Waals surface area contributed by atoms with E-state index in [0.29, 0.717) is 5.95 Å². The molecular weight excluding hydrogens is 268 g/mol. The Bertz CT molecular complexity index is 665. The molecule has 0 bridgehead atoms. The van der Waals surface area contributed by atoms with Crippen molar-refractivity contribution in [3.8, 4) is 0 Å². The lowest BCUT2D eigenvalue weighted by Gasteiger charge is -2.27. The maximum absolute atomic E-state index is 12.5. The van der Waals surface area contributed by atoms with Gasteiger partial charge in [0.2, 0.25) is 11.9 Å². The zero-order valence-corrected chi connectivity index (χ0v) is 12.7. The number of aromatic nitrogens is 4. The zero-order valence-electron chi connectivity index (χ0n) is 12.7. The van der Waals surface area contributed by atoms with Crippen molar-refractivity contribution in [2.45, 2.75) is 46.2 Å². The zero-order chi connectivity index (χ0) is 15.0. The minimum absolute atomic E-state index is 0.113. The number of nitrogens with zero attached hydrogens (tertiary/aromatic N) is 5. The third kappa shape index (κ3) is 2.36. The number of likely N-dealkylation sites (tertiary alicyclic amines) is 1. The monoisotopic (exact) mass is 290 g/mol. The molecular formula is C14H22N6O. The van der Waals surface area contributed by atoms with Gasteiger partial charge in [0, 0.05) is 19.6 Å². The van der Waals surface area contributed by atoms with Gasteiger partial charge < -0.3 is 10.6 Å². The predicted octanol–water partition coefficient (Wildman–Crippen LogP) is 1.16. The van der Waals surface area contributed by atoms with Crippen LogP contribution in [-0.4, -0.2) is 43.2 Å². The van der Waals surface area contributed by atoms with Gasteiger partial charge in [0.15, 0.2) is 5.65 Å². The lowest BCUT2D eigenvalue weighted by molar-refractivity contribution is -0.132. The average molecular weight is 290 g/mol. The van der Waals surface area contributed by atoms with Crippen molar-refractivity contribution in [2.75, 3.05) is 18.8 Å². The molecule has 0 atom stereocenters. The normalized spacial score (nSPS) is 15.8. The van der Waals surface area contributed by atoms with Crippen molar-refractivity contribution < 1.29 is 4.79 Å². The van der Waals surface area contributed by atoms with Gasteiger partial charge in [0.05, 0.1) is 5.69 Å². The van der Waals surface area contributed by atoms with Crippen LogP contribution in [0.2, 0.25) is 0 Å². The van der Waals surface area contributed by atoms with Crippen LogP contribution in [0.25, 0.3) is 11.2 Å². The van der Waals surface area contributed by atoms with E-state index >= 15 is 0 Å². The summed E-state index contributed by atoms with van der Waals surface area (Å²) in [6.45, 7) is 6.61. The number of carbonyl (C=O) groups is 1. The van der Waals surface area contributed by atoms with Crippen molar-refractivity contribution in [3.05, 3.63) is 5.69 Å². The van der Waals surface area contributed by atoms with E-state index in [2.05, 4.69) is 10.1 Å². The summed E-state index contributed by atoms with van der Waals surface area (Å²) < 4.78 is 3.65. The number of carbonyl (C=O) groups excluding carboxylic acids is 1. The van der Waals surface area contributed by atoms with E-state index in [1.807, 2.05) is 23.4 Å². The maximum Gasteiger partial charge on any atom is 0.242 e. The van der Waals surface area contributed by atoms with E-state index < -0.39 is 0 Å². The fourth-order valence-corrected chi connectivity index (χ4v) is 3.00. The Morgan fingerprint density at radius 3 is 2.67 bits per heavy atom. The Balaban J connectivity index is 1.92. The van der Waals surface area contributed by atoms with Crippen molar-refractivity contribution in [2.24, 2.45) is 0 Å². The van der Waals surface area contributed by atoms with Gasteiger partial charge >= 0.3 is 0 Å². The smallest absolute Gasteiger partial charge is 0.242 e. The van der Waals surface area contributed by atoms with Crippen LogP contribution < -0.4 is 5.73 Å². The number of fused-ring (bicyclic) bond motifs is 1. The third-order valence-corrected chi connectivity index (χ3v) is 4.13. The van der Waals surface area contributed by atoms with Gasteiger partial charge in [-0.2, -0.15) is 5.10 Å². The Labute approximate surface area is 123 Å². The molecule has 1 fully saturated rings. The summed E-state index contributed by atoms with van der Waals surface area (Å²) in [5.41, 5.74) is 8.50. The van der Waals surface area contributed by atoms with E-state index in [1.54, 1.807) is 4.57 Å². The van der Waals surface area contributed by atoms with Gasteiger partial charge in [-0.25, -0.2) is 9.67 Å². The van der Waals surface area contributed by atoms with Crippen LogP contribution in [0.4, 0.5) is 5.95 Å². The number of rotatable bonds is 3. The molecule has 3 heterocycles. The Morgan fingerprint density at radius 2 is 2.00 bits per heavy atom. The third-order valence-electron chi connectivity index (χ3n) is 4.13. The number of hydrogen-bond donors (Lipinski definition) is 1. The Hall–Kier alpha value is -2.05. The first-order chi connectivity index (χ1) is 10.1. The molecule has 3 rings (SSSR count). The van der Waals surface area contributed by atoms with Crippen LogP contribution in [0, 0.1) is 6.92 Å². The fourth-order valence-electron chi connectivity index (χ4n) is 3.00. The first kappa shape index (κ1) is 13.9. The number of nitrogens with two attached hydrogens (primary N) is 1. The highest BCUT2D eigenvalue weighted by molar-refractivity contribution is 5.82. The van der Waals surface area contributed by atoms with Gasteiger partial charge in [0.1, 0.15) is 12.1 Å². The summed E-state index contributed by atoms with van der Waals surface area (Å²) in [7, 11) is 0. The van der Waals surface area contributed by atoms with Crippen LogP contribution >= 0.6 is 0 Å². The van der Waals surface area contributed by atoms with E-state index in [0.717, 1.165) is 49.3 Å². The second-order valence-corrected chi connectivity index (χ2v) is 5.57. The standard InChI is InChI=1S/C14H22N6O/c1-3-20-13-12(10(2)17-20)16-14(15)19(13)9-11(21)18-7-5-4-6-8-18/h3-9H2,1-2H3,(H2,15,16). The first-order valence-electron chi connectivity index (χ1n) is 7.58. The summed E-state index contributed by atoms with van der Waals surface area (Å²) in [5, 5.41) is 4.44. The summed E-state index contributed by atoms with van der Waals surface area (Å²) >= 11 is 0. The van der Waals surface area contributed by atoms with E-state index in [9.17, 15) is 4.79 Å². The van der Waals surface area contributed by atoms with Crippen LogP contribution in [-0.2, 0) is 17.9 Å². The highest BCUT2D eigenvalue weighted by atomic mass is 16.2. The lowest BCUT2D eigenvalue weighted by atomic mass is 10.1. The number of amides is 1. The SMILES string of the molecule is CCn1nc(C)c2nc(N)n(CC(=O)N3CCCCC3)c21. The van der Waals surface area contributed by atoms with Gasteiger partial charge in [0.25, 0.3) is 0 Å². The van der Waals surface area contributed by atoms with E-state index in [4.69, 9.17) is 5.73 Å². The van der Waals surface area contributed by atoms with Gasteiger partial charge in [-0.3, -0.25) is 9.36 Å². The molecule has 1 amide bonds. The number of piperidine rings is 1. The second kappa shape index (κ2) is 5.38. The summed E-state index contributed by atoms with van der Waals surface area (Å²) in [6, 6.07) is 0. The first-order valence-corrected chi connectivity index (χ1v) is 7.58. The number of anilines is 1. The topological polar surface area (TPSA) is 82.0 Å². The van der Waals surface area contributed by atoms with Crippen LogP contribution in [0.1, 0.15) is 31.9 Å². The van der Waals surface area contributed by atoms with Gasteiger partial charge in [-0.1, -0.05) is 0 Å². The van der Waals surface area contributed by atoms with Gasteiger partial charge in [-0.15, -0.1) is 0 Å². The molecule has 2 N–H and O–H groups in total. The minimum atomic E-state index is 0.113. The average Bonchev–Trinajstić information content (AvgIpc) is 2.98. The molecule has 1 aliphatic heterocycles. The number of imidazole rings is 1. The number of hydrogen-bond acceptors (Lipinski definition) is 4. The summed E-state index contributed by atoms with van der Waals surface area (Å²) in [6.07, 6.45) is 3.39. The molecule has 1 saturated heterocycles. The van der Waals surface area contributed by atoms with Crippen LogP contribution in [0.15, 0.2) is 0 Å². The van der Waals surface area contributed by atoms with Crippen LogP contribution in [0.3, 0.4) is 0 Å². The maximum atomic E-state index is 12.5. The Morgan fingerprint density at radius 1 is 1.29 bits per heavy atom. The molecule has 0 aliphatic carbocycles. The van der Waals surface area contributed by atoms with Crippen molar-refractivity contribution in [1.82, 2.24) is 24.2 Å². The minimum Gasteiger partial charge on any atom is -0.369 e. The molecule has 0 aromatic carbocycles. The molecule has 114 valence electrons. The van der Waals surface area contributed by atoms with E-state index in [-0.39, 0.29) is 12.5 Å². The van der Waals surface area contributed by atoms with Crippen LogP contribution in [0.5, 0.6) is 0 Å². The highest BCUT2D eigenvalue weighted by Crippen LogP contribution is 2.21. The number of nitrogen functional groups attached to an aromatic ring is 1. The molecule has 21 heavy (non-hydrogen) atoms. The van der Waals surface area contributed by atoms with Crippen molar-refractivity contribution in [1.29, 1.82) is 0 Å². The molecule has 7 nitrogen and oxygen atoms in total. The quantitative estimate of drug-likeness (QED) is 0.919. The Kier molecular flexibility index (Phi) is 3.57. The van der Waals surface area contributed by atoms with Gasteiger partial charge in [-0.05, 0) is 33.1 Å². The largest absolute Gasteiger partial charge is 0.369 e. The molecule has 7 heteroatoms. The number of aryl methyl sites for hydroxylation is 2. The fraction of sp³-hybridized carbons (Fsp3) is 0.643. The predicted molar refractivity (Wildman–Crippen MR) is 80.8 cm³/mol. The molecule has 0 radical (unpaired) electrons. The second-order valence-electron chi connectivity index (χ2n) is 5.57. The molecule has 1 aliphatic rings. The highest BCUT2D eigenvalue weighted by Gasteiger charge is 2.22. The van der Waals surface area contributed by atoms with Crippen molar-refractivity contribution in [3.63, 3.8) is 0 Å². The molecule has 0 saturated carbocycles. The summed E-state index contributed by atoms with van der Waals surface area (Å²) in [5.74, 6) is 0.500.